The zero-order valence-electron chi connectivity index (χ0n) is 15.5. The normalized spacial score (nSPS) is 15.9. The van der Waals surface area contributed by atoms with E-state index in [0.717, 1.165) is 19.4 Å². The van der Waals surface area contributed by atoms with Crippen LogP contribution in [0.4, 0.5) is 5.69 Å². The van der Waals surface area contributed by atoms with Gasteiger partial charge in [-0.15, -0.1) is 0 Å². The number of non-ortho nitro benzene ring substituents is 1. The van der Waals surface area contributed by atoms with Crippen molar-refractivity contribution in [1.82, 2.24) is 9.88 Å². The molecule has 0 aliphatic carbocycles. The molecule has 8 heteroatoms. The SMILES string of the molecule is N#Cc1cc2ccc(OC[C@@H]3CCCN3)cc2n(-c2ccc([N+](=O)[O-])cc2)c1=O. The number of nitro benzene ring substituents is 1. The first kappa shape index (κ1) is 18.7. The summed E-state index contributed by atoms with van der Waals surface area (Å²) < 4.78 is 7.29. The summed E-state index contributed by atoms with van der Waals surface area (Å²) in [6, 6.07) is 14.8. The smallest absolute Gasteiger partial charge is 0.273 e. The molecule has 0 spiro atoms. The molecule has 0 saturated carbocycles. The lowest BCUT2D eigenvalue weighted by molar-refractivity contribution is -0.384. The number of rotatable bonds is 5. The molecule has 29 heavy (non-hydrogen) atoms. The van der Waals surface area contributed by atoms with Crippen LogP contribution in [0.15, 0.2) is 53.3 Å². The van der Waals surface area contributed by atoms with Crippen molar-refractivity contribution in [2.45, 2.75) is 18.9 Å². The maximum atomic E-state index is 12.9. The molecule has 4 rings (SSSR count). The first-order valence-corrected chi connectivity index (χ1v) is 9.28. The van der Waals surface area contributed by atoms with E-state index in [2.05, 4.69) is 5.32 Å². The first-order chi connectivity index (χ1) is 14.1. The number of nitro groups is 1. The molecule has 0 unspecified atom stereocenters. The first-order valence-electron chi connectivity index (χ1n) is 9.28. The zero-order valence-corrected chi connectivity index (χ0v) is 15.5. The van der Waals surface area contributed by atoms with Crippen LogP contribution in [0.5, 0.6) is 5.75 Å². The Morgan fingerprint density at radius 2 is 2.03 bits per heavy atom. The van der Waals surface area contributed by atoms with Crippen molar-refractivity contribution < 1.29 is 9.66 Å². The fourth-order valence-corrected chi connectivity index (χ4v) is 3.53. The van der Waals surface area contributed by atoms with Gasteiger partial charge in [-0.3, -0.25) is 19.5 Å². The molecule has 0 amide bonds. The second-order valence-corrected chi connectivity index (χ2v) is 6.91. The highest BCUT2D eigenvalue weighted by Crippen LogP contribution is 2.24. The van der Waals surface area contributed by atoms with Gasteiger partial charge in [-0.25, -0.2) is 0 Å². The predicted molar refractivity (Wildman–Crippen MR) is 107 cm³/mol. The van der Waals surface area contributed by atoms with Gasteiger partial charge in [-0.1, -0.05) is 0 Å². The maximum absolute atomic E-state index is 12.9. The van der Waals surface area contributed by atoms with Crippen molar-refractivity contribution in [3.8, 4) is 17.5 Å². The summed E-state index contributed by atoms with van der Waals surface area (Å²) in [4.78, 5) is 23.3. The second kappa shape index (κ2) is 7.73. The lowest BCUT2D eigenvalue weighted by atomic mass is 10.1. The molecule has 2 heterocycles. The van der Waals surface area contributed by atoms with E-state index >= 15 is 0 Å². The Morgan fingerprint density at radius 3 is 2.69 bits per heavy atom. The fourth-order valence-electron chi connectivity index (χ4n) is 3.53. The summed E-state index contributed by atoms with van der Waals surface area (Å²) in [5.41, 5.74) is 0.454. The molecule has 2 aromatic carbocycles. The van der Waals surface area contributed by atoms with E-state index in [1.807, 2.05) is 12.1 Å². The fraction of sp³-hybridized carbons (Fsp3) is 0.238. The topological polar surface area (TPSA) is 110 Å². The molecule has 0 radical (unpaired) electrons. The molecule has 1 fully saturated rings. The predicted octanol–water partition coefficient (Wildman–Crippen LogP) is 2.90. The highest BCUT2D eigenvalue weighted by Gasteiger charge is 2.16. The number of pyridine rings is 1. The molecule has 0 bridgehead atoms. The summed E-state index contributed by atoms with van der Waals surface area (Å²) in [7, 11) is 0. The minimum atomic E-state index is -0.501. The van der Waals surface area contributed by atoms with Crippen LogP contribution in [-0.2, 0) is 0 Å². The summed E-state index contributed by atoms with van der Waals surface area (Å²) >= 11 is 0. The molecule has 1 N–H and O–H groups in total. The molecule has 1 aliphatic rings. The average Bonchev–Trinajstić information content (AvgIpc) is 3.25. The van der Waals surface area contributed by atoms with Crippen molar-refractivity contribution in [3.63, 3.8) is 0 Å². The summed E-state index contributed by atoms with van der Waals surface area (Å²) in [6.45, 7) is 1.52. The number of nitrogens with one attached hydrogen (secondary N) is 1. The van der Waals surface area contributed by atoms with Crippen LogP contribution in [0.2, 0.25) is 0 Å². The molecular formula is C21H18N4O4. The molecule has 1 aliphatic heterocycles. The van der Waals surface area contributed by atoms with Crippen molar-refractivity contribution in [2.75, 3.05) is 13.2 Å². The minimum absolute atomic E-state index is 0.000299. The third-order valence-corrected chi connectivity index (χ3v) is 5.03. The van der Waals surface area contributed by atoms with Gasteiger partial charge in [-0.05, 0) is 49.7 Å². The maximum Gasteiger partial charge on any atom is 0.273 e. The van der Waals surface area contributed by atoms with E-state index in [1.54, 1.807) is 18.2 Å². The molecule has 1 aromatic heterocycles. The van der Waals surface area contributed by atoms with Gasteiger partial charge in [-0.2, -0.15) is 5.26 Å². The van der Waals surface area contributed by atoms with Crippen LogP contribution >= 0.6 is 0 Å². The van der Waals surface area contributed by atoms with Gasteiger partial charge in [0.1, 0.15) is 24.0 Å². The van der Waals surface area contributed by atoms with Crippen LogP contribution in [-0.4, -0.2) is 28.7 Å². The molecule has 1 atom stereocenters. The van der Waals surface area contributed by atoms with Gasteiger partial charge in [0.2, 0.25) is 0 Å². The van der Waals surface area contributed by atoms with E-state index in [9.17, 15) is 20.2 Å². The lowest BCUT2D eigenvalue weighted by Gasteiger charge is -2.15. The Labute approximate surface area is 166 Å². The van der Waals surface area contributed by atoms with Crippen LogP contribution in [0, 0.1) is 21.4 Å². The standard InChI is InChI=1S/C21H18N4O4/c22-12-15-10-14-3-8-19(29-13-16-2-1-9-23-16)11-20(14)24(21(15)26)17-4-6-18(7-5-17)25(27)28/h3-8,10-11,16,23H,1-2,9,13H2/t16-/m0/s1. The number of fused-ring (bicyclic) bond motifs is 1. The van der Waals surface area contributed by atoms with Gasteiger partial charge in [0, 0.05) is 35.3 Å². The Bertz CT molecular complexity index is 1170. The van der Waals surface area contributed by atoms with E-state index in [4.69, 9.17) is 4.74 Å². The van der Waals surface area contributed by atoms with Crippen molar-refractivity contribution in [3.05, 3.63) is 74.6 Å². The molecule has 146 valence electrons. The quantitative estimate of drug-likeness (QED) is 0.530. The lowest BCUT2D eigenvalue weighted by Crippen LogP contribution is -2.28. The summed E-state index contributed by atoms with van der Waals surface area (Å²) in [5.74, 6) is 0.617. The summed E-state index contributed by atoms with van der Waals surface area (Å²) in [5, 5.41) is 24.3. The van der Waals surface area contributed by atoms with Crippen LogP contribution < -0.4 is 15.6 Å². The highest BCUT2D eigenvalue weighted by atomic mass is 16.6. The third kappa shape index (κ3) is 3.68. The Balaban J connectivity index is 1.80. The van der Waals surface area contributed by atoms with Gasteiger partial charge in [0.25, 0.3) is 11.2 Å². The molecular weight excluding hydrogens is 372 g/mol. The average molecular weight is 390 g/mol. The van der Waals surface area contributed by atoms with E-state index < -0.39 is 10.5 Å². The Hall–Kier alpha value is -3.70. The number of nitrogens with zero attached hydrogens (tertiary/aromatic N) is 3. The van der Waals surface area contributed by atoms with Crippen LogP contribution in [0.3, 0.4) is 0 Å². The Kier molecular flexibility index (Phi) is 4.97. The minimum Gasteiger partial charge on any atom is -0.492 e. The van der Waals surface area contributed by atoms with Crippen molar-refractivity contribution in [2.24, 2.45) is 0 Å². The van der Waals surface area contributed by atoms with Crippen LogP contribution in [0.25, 0.3) is 16.6 Å². The third-order valence-electron chi connectivity index (χ3n) is 5.03. The largest absolute Gasteiger partial charge is 0.492 e. The second-order valence-electron chi connectivity index (χ2n) is 6.91. The highest BCUT2D eigenvalue weighted by molar-refractivity contribution is 5.83. The van der Waals surface area contributed by atoms with Gasteiger partial charge >= 0.3 is 0 Å². The molecule has 1 saturated heterocycles. The van der Waals surface area contributed by atoms with Crippen molar-refractivity contribution >= 4 is 16.6 Å². The molecule has 8 nitrogen and oxygen atoms in total. The van der Waals surface area contributed by atoms with Crippen molar-refractivity contribution in [1.29, 1.82) is 5.26 Å². The molecule has 3 aromatic rings. The summed E-state index contributed by atoms with van der Waals surface area (Å²) in [6.07, 6.45) is 2.19. The van der Waals surface area contributed by atoms with E-state index in [1.165, 1.54) is 28.8 Å². The van der Waals surface area contributed by atoms with Gasteiger partial charge in [0.05, 0.1) is 10.4 Å². The van der Waals surface area contributed by atoms with Crippen LogP contribution in [0.1, 0.15) is 18.4 Å². The zero-order chi connectivity index (χ0) is 20.4. The Morgan fingerprint density at radius 1 is 1.24 bits per heavy atom. The number of hydrogen-bond acceptors (Lipinski definition) is 6. The number of benzene rings is 2. The number of hydrogen-bond donors (Lipinski definition) is 1. The monoisotopic (exact) mass is 390 g/mol. The number of nitriles is 1. The van der Waals surface area contributed by atoms with Gasteiger partial charge in [0.15, 0.2) is 0 Å². The van der Waals surface area contributed by atoms with E-state index in [-0.39, 0.29) is 11.3 Å². The van der Waals surface area contributed by atoms with Gasteiger partial charge < -0.3 is 10.1 Å². The van der Waals surface area contributed by atoms with E-state index in [0.29, 0.717) is 35.0 Å². The number of aromatic nitrogens is 1. The number of ether oxygens (including phenoxy) is 1.